The lowest BCUT2D eigenvalue weighted by molar-refractivity contribution is -0.116. The van der Waals surface area contributed by atoms with Crippen molar-refractivity contribution in [3.63, 3.8) is 0 Å². The molecule has 122 valence electrons. The summed E-state index contributed by atoms with van der Waals surface area (Å²) < 4.78 is 0. The van der Waals surface area contributed by atoms with Crippen molar-refractivity contribution in [2.75, 3.05) is 23.0 Å². The number of aromatic amines is 1. The minimum atomic E-state index is 0.103. The first-order valence-electron chi connectivity index (χ1n) is 7.51. The van der Waals surface area contributed by atoms with E-state index in [2.05, 4.69) is 16.0 Å². The van der Waals surface area contributed by atoms with Crippen molar-refractivity contribution in [1.29, 1.82) is 0 Å². The van der Waals surface area contributed by atoms with Crippen LogP contribution < -0.4 is 4.90 Å². The van der Waals surface area contributed by atoms with E-state index < -0.39 is 0 Å². The number of hydrogen-bond donors (Lipinski definition) is 1. The SMILES string of the molecule is O=C(CSc1nc2ccc(Cl)cc2[nH]1)N1CCSc2ccccc21. The first kappa shape index (κ1) is 15.9. The number of nitrogens with one attached hydrogen (secondary N) is 1. The van der Waals surface area contributed by atoms with Gasteiger partial charge in [0.05, 0.1) is 22.5 Å². The highest BCUT2D eigenvalue weighted by molar-refractivity contribution is 8.00. The third-order valence-electron chi connectivity index (χ3n) is 3.78. The molecule has 0 saturated carbocycles. The van der Waals surface area contributed by atoms with Gasteiger partial charge in [-0.25, -0.2) is 4.98 Å². The molecule has 0 bridgehead atoms. The number of carbonyl (C=O) groups is 1. The van der Waals surface area contributed by atoms with Gasteiger partial charge in [0, 0.05) is 22.2 Å². The van der Waals surface area contributed by atoms with Crippen LogP contribution in [0.4, 0.5) is 5.69 Å². The number of thioether (sulfide) groups is 2. The topological polar surface area (TPSA) is 49.0 Å². The number of para-hydroxylation sites is 1. The summed E-state index contributed by atoms with van der Waals surface area (Å²) in [6.45, 7) is 0.747. The number of fused-ring (bicyclic) bond motifs is 2. The predicted octanol–water partition coefficient (Wildman–Crippen LogP) is 4.45. The zero-order chi connectivity index (χ0) is 16.5. The Morgan fingerprint density at radius 3 is 3.12 bits per heavy atom. The summed E-state index contributed by atoms with van der Waals surface area (Å²) in [5.74, 6) is 1.38. The summed E-state index contributed by atoms with van der Waals surface area (Å²) in [6.07, 6.45) is 0. The van der Waals surface area contributed by atoms with Gasteiger partial charge < -0.3 is 9.88 Å². The van der Waals surface area contributed by atoms with Gasteiger partial charge in [-0.15, -0.1) is 11.8 Å². The highest BCUT2D eigenvalue weighted by atomic mass is 35.5. The molecule has 0 aliphatic carbocycles. The van der Waals surface area contributed by atoms with Crippen LogP contribution in [0.3, 0.4) is 0 Å². The molecule has 0 unspecified atom stereocenters. The molecule has 1 aliphatic rings. The van der Waals surface area contributed by atoms with E-state index >= 15 is 0 Å². The fourth-order valence-corrected chi connectivity index (χ4v) is 4.59. The van der Waals surface area contributed by atoms with Crippen LogP contribution in [0.15, 0.2) is 52.5 Å². The second kappa shape index (κ2) is 6.70. The number of rotatable bonds is 3. The lowest BCUT2D eigenvalue weighted by Crippen LogP contribution is -2.36. The molecule has 3 aromatic rings. The highest BCUT2D eigenvalue weighted by Gasteiger charge is 2.22. The van der Waals surface area contributed by atoms with E-state index in [9.17, 15) is 4.79 Å². The van der Waals surface area contributed by atoms with Crippen LogP contribution >= 0.6 is 35.1 Å². The van der Waals surface area contributed by atoms with Gasteiger partial charge >= 0.3 is 0 Å². The molecule has 1 aromatic heterocycles. The largest absolute Gasteiger partial charge is 0.333 e. The highest BCUT2D eigenvalue weighted by Crippen LogP contribution is 2.34. The van der Waals surface area contributed by atoms with Gasteiger partial charge in [-0.2, -0.15) is 0 Å². The van der Waals surface area contributed by atoms with Gasteiger partial charge in [-0.1, -0.05) is 35.5 Å². The Labute approximate surface area is 153 Å². The molecule has 0 fully saturated rings. The number of hydrogen-bond acceptors (Lipinski definition) is 4. The van der Waals surface area contributed by atoms with E-state index in [0.717, 1.165) is 34.2 Å². The van der Waals surface area contributed by atoms with Crippen molar-refractivity contribution in [1.82, 2.24) is 9.97 Å². The maximum atomic E-state index is 12.6. The minimum absolute atomic E-state index is 0.103. The second-order valence-corrected chi connectivity index (χ2v) is 7.89. The maximum absolute atomic E-state index is 12.6. The number of aromatic nitrogens is 2. The molecule has 0 atom stereocenters. The lowest BCUT2D eigenvalue weighted by Gasteiger charge is -2.28. The van der Waals surface area contributed by atoms with Crippen molar-refractivity contribution in [3.8, 4) is 0 Å². The Hall–Kier alpha value is -1.63. The van der Waals surface area contributed by atoms with Crippen LogP contribution in [0.25, 0.3) is 11.0 Å². The number of H-pyrrole nitrogens is 1. The number of benzene rings is 2. The standard InChI is InChI=1S/C17H14ClN3OS2/c18-11-5-6-12-13(9-11)20-17(19-12)24-10-16(22)21-7-8-23-15-4-2-1-3-14(15)21/h1-6,9H,7-8,10H2,(H,19,20). The molecule has 1 N–H and O–H groups in total. The number of imidazole rings is 1. The number of anilines is 1. The Kier molecular flexibility index (Phi) is 4.43. The lowest BCUT2D eigenvalue weighted by atomic mass is 10.3. The average Bonchev–Trinajstić information content (AvgIpc) is 3.01. The molecular weight excluding hydrogens is 362 g/mol. The molecule has 4 nitrogen and oxygen atoms in total. The number of carbonyl (C=O) groups excluding carboxylic acids is 1. The molecule has 0 spiro atoms. The molecule has 0 radical (unpaired) electrons. The van der Waals surface area contributed by atoms with Gasteiger partial charge in [0.15, 0.2) is 5.16 Å². The summed E-state index contributed by atoms with van der Waals surface area (Å²) >= 11 is 9.21. The molecule has 7 heteroatoms. The first-order valence-corrected chi connectivity index (χ1v) is 9.86. The number of halogens is 1. The zero-order valence-electron chi connectivity index (χ0n) is 12.7. The number of amides is 1. The summed E-state index contributed by atoms with van der Waals surface area (Å²) in [6, 6.07) is 13.6. The van der Waals surface area contributed by atoms with Crippen LogP contribution in [-0.2, 0) is 4.79 Å². The molecular formula is C17H14ClN3OS2. The summed E-state index contributed by atoms with van der Waals surface area (Å²) in [7, 11) is 0. The second-order valence-electron chi connectivity index (χ2n) is 5.35. The molecule has 4 rings (SSSR count). The van der Waals surface area contributed by atoms with E-state index in [1.54, 1.807) is 11.8 Å². The van der Waals surface area contributed by atoms with Gasteiger partial charge in [0.25, 0.3) is 0 Å². The van der Waals surface area contributed by atoms with Crippen molar-refractivity contribution in [2.24, 2.45) is 0 Å². The summed E-state index contributed by atoms with van der Waals surface area (Å²) in [4.78, 5) is 23.4. The fourth-order valence-electron chi connectivity index (χ4n) is 2.66. The quantitative estimate of drug-likeness (QED) is 0.687. The van der Waals surface area contributed by atoms with Crippen LogP contribution in [-0.4, -0.2) is 33.9 Å². The molecule has 1 amide bonds. The zero-order valence-corrected chi connectivity index (χ0v) is 15.0. The maximum Gasteiger partial charge on any atom is 0.237 e. The Bertz CT molecular complexity index is 912. The Balaban J connectivity index is 1.48. The molecule has 0 saturated heterocycles. The van der Waals surface area contributed by atoms with E-state index in [1.807, 2.05) is 41.3 Å². The molecule has 24 heavy (non-hydrogen) atoms. The first-order chi connectivity index (χ1) is 11.7. The van der Waals surface area contributed by atoms with Crippen molar-refractivity contribution < 1.29 is 4.79 Å². The van der Waals surface area contributed by atoms with Gasteiger partial charge in [-0.05, 0) is 30.3 Å². The van der Waals surface area contributed by atoms with Crippen LogP contribution in [0.2, 0.25) is 5.02 Å². The van der Waals surface area contributed by atoms with Crippen LogP contribution in [0, 0.1) is 0 Å². The van der Waals surface area contributed by atoms with E-state index in [-0.39, 0.29) is 5.91 Å². The normalized spacial score (nSPS) is 14.0. The van der Waals surface area contributed by atoms with Crippen LogP contribution in [0.5, 0.6) is 0 Å². The number of nitrogens with zero attached hydrogens (tertiary/aromatic N) is 2. The molecule has 1 aliphatic heterocycles. The Morgan fingerprint density at radius 1 is 1.33 bits per heavy atom. The van der Waals surface area contributed by atoms with Gasteiger partial charge in [0.1, 0.15) is 0 Å². The van der Waals surface area contributed by atoms with E-state index in [1.165, 1.54) is 16.7 Å². The smallest absolute Gasteiger partial charge is 0.237 e. The Morgan fingerprint density at radius 2 is 2.21 bits per heavy atom. The van der Waals surface area contributed by atoms with E-state index in [0.29, 0.717) is 10.8 Å². The van der Waals surface area contributed by atoms with Gasteiger partial charge in [0.2, 0.25) is 5.91 Å². The van der Waals surface area contributed by atoms with E-state index in [4.69, 9.17) is 11.6 Å². The van der Waals surface area contributed by atoms with Crippen molar-refractivity contribution in [2.45, 2.75) is 10.1 Å². The predicted molar refractivity (Wildman–Crippen MR) is 101 cm³/mol. The monoisotopic (exact) mass is 375 g/mol. The third-order valence-corrected chi connectivity index (χ3v) is 5.92. The summed E-state index contributed by atoms with van der Waals surface area (Å²) in [5.41, 5.74) is 2.75. The fraction of sp³-hybridized carbons (Fsp3) is 0.176. The van der Waals surface area contributed by atoms with Crippen LogP contribution in [0.1, 0.15) is 0 Å². The summed E-state index contributed by atoms with van der Waals surface area (Å²) in [5, 5.41) is 1.40. The molecule has 2 heterocycles. The molecule has 2 aromatic carbocycles. The van der Waals surface area contributed by atoms with Crippen molar-refractivity contribution in [3.05, 3.63) is 47.5 Å². The van der Waals surface area contributed by atoms with Gasteiger partial charge in [-0.3, -0.25) is 4.79 Å². The van der Waals surface area contributed by atoms with Crippen molar-refractivity contribution >= 4 is 57.8 Å². The average molecular weight is 376 g/mol. The third kappa shape index (κ3) is 3.14. The minimum Gasteiger partial charge on any atom is -0.333 e.